The van der Waals surface area contributed by atoms with E-state index in [1.54, 1.807) is 13.2 Å². The number of hydrogen-bond donors (Lipinski definition) is 0. The SMILES string of the molecule is CCC1CCCCN1C(=O)C1CCN(C(=O)c2ccccc2OC)CC1. The summed E-state index contributed by atoms with van der Waals surface area (Å²) in [4.78, 5) is 29.8. The average molecular weight is 358 g/mol. The summed E-state index contributed by atoms with van der Waals surface area (Å²) in [5, 5.41) is 0. The van der Waals surface area contributed by atoms with E-state index in [2.05, 4.69) is 11.8 Å². The Hall–Kier alpha value is -2.04. The summed E-state index contributed by atoms with van der Waals surface area (Å²) in [6.07, 6.45) is 6.03. The summed E-state index contributed by atoms with van der Waals surface area (Å²) in [6.45, 7) is 4.35. The predicted octanol–water partition coefficient (Wildman–Crippen LogP) is 3.34. The van der Waals surface area contributed by atoms with Crippen LogP contribution in [0.3, 0.4) is 0 Å². The molecule has 2 aliphatic heterocycles. The molecule has 2 aliphatic rings. The molecule has 0 N–H and O–H groups in total. The van der Waals surface area contributed by atoms with Gasteiger partial charge < -0.3 is 14.5 Å². The van der Waals surface area contributed by atoms with Gasteiger partial charge in [0.15, 0.2) is 0 Å². The van der Waals surface area contributed by atoms with Crippen LogP contribution in [-0.2, 0) is 4.79 Å². The third kappa shape index (κ3) is 3.87. The van der Waals surface area contributed by atoms with Gasteiger partial charge in [0, 0.05) is 31.6 Å². The lowest BCUT2D eigenvalue weighted by atomic mass is 9.91. The van der Waals surface area contributed by atoms with E-state index in [0.29, 0.717) is 36.4 Å². The Morgan fingerprint density at radius 3 is 2.50 bits per heavy atom. The van der Waals surface area contributed by atoms with Crippen molar-refractivity contribution in [1.82, 2.24) is 9.80 Å². The Morgan fingerprint density at radius 1 is 1.08 bits per heavy atom. The number of rotatable bonds is 4. The second kappa shape index (κ2) is 8.56. The molecule has 1 aromatic rings. The Kier molecular flexibility index (Phi) is 6.17. The van der Waals surface area contributed by atoms with Crippen molar-refractivity contribution in [3.63, 3.8) is 0 Å². The van der Waals surface area contributed by atoms with Gasteiger partial charge in [-0.05, 0) is 50.7 Å². The van der Waals surface area contributed by atoms with Gasteiger partial charge in [-0.2, -0.15) is 0 Å². The van der Waals surface area contributed by atoms with Crippen LogP contribution in [0.4, 0.5) is 0 Å². The average Bonchev–Trinajstić information content (AvgIpc) is 2.72. The highest BCUT2D eigenvalue weighted by Crippen LogP contribution is 2.27. The lowest BCUT2D eigenvalue weighted by molar-refractivity contribution is -0.140. The molecule has 0 saturated carbocycles. The third-order valence-corrected chi connectivity index (χ3v) is 5.85. The van der Waals surface area contributed by atoms with Gasteiger partial charge in [-0.25, -0.2) is 0 Å². The summed E-state index contributed by atoms with van der Waals surface area (Å²) in [7, 11) is 1.58. The van der Waals surface area contributed by atoms with Gasteiger partial charge in [0.2, 0.25) is 5.91 Å². The molecule has 1 atom stereocenters. The predicted molar refractivity (Wildman–Crippen MR) is 101 cm³/mol. The highest BCUT2D eigenvalue weighted by molar-refractivity contribution is 5.97. The van der Waals surface area contributed by atoms with Crippen LogP contribution in [0, 0.1) is 5.92 Å². The quantitative estimate of drug-likeness (QED) is 0.829. The molecule has 26 heavy (non-hydrogen) atoms. The maximum absolute atomic E-state index is 13.0. The molecule has 5 nitrogen and oxygen atoms in total. The van der Waals surface area contributed by atoms with Crippen molar-refractivity contribution in [3.05, 3.63) is 29.8 Å². The zero-order valence-electron chi connectivity index (χ0n) is 15.9. The molecule has 142 valence electrons. The number of nitrogens with zero attached hydrogens (tertiary/aromatic N) is 2. The number of ether oxygens (including phenoxy) is 1. The molecule has 2 fully saturated rings. The van der Waals surface area contributed by atoms with Gasteiger partial charge in [-0.15, -0.1) is 0 Å². The summed E-state index contributed by atoms with van der Waals surface area (Å²) in [5.41, 5.74) is 0.599. The summed E-state index contributed by atoms with van der Waals surface area (Å²) in [5.74, 6) is 0.970. The zero-order valence-corrected chi connectivity index (χ0v) is 15.9. The van der Waals surface area contributed by atoms with E-state index >= 15 is 0 Å². The molecular formula is C21H30N2O3. The van der Waals surface area contributed by atoms with Crippen molar-refractivity contribution in [1.29, 1.82) is 0 Å². The lowest BCUT2D eigenvalue weighted by Gasteiger charge is -2.39. The van der Waals surface area contributed by atoms with E-state index in [9.17, 15) is 9.59 Å². The molecule has 3 rings (SSSR count). The Labute approximate surface area is 156 Å². The van der Waals surface area contributed by atoms with Crippen LogP contribution < -0.4 is 4.74 Å². The molecular weight excluding hydrogens is 328 g/mol. The number of carbonyl (C=O) groups is 2. The summed E-state index contributed by atoms with van der Waals surface area (Å²) in [6, 6.07) is 7.74. The molecule has 1 aromatic carbocycles. The monoisotopic (exact) mass is 358 g/mol. The topological polar surface area (TPSA) is 49.9 Å². The number of para-hydroxylation sites is 1. The molecule has 5 heteroatoms. The smallest absolute Gasteiger partial charge is 0.257 e. The molecule has 2 saturated heterocycles. The number of likely N-dealkylation sites (tertiary alicyclic amines) is 2. The van der Waals surface area contributed by atoms with Crippen LogP contribution in [0.5, 0.6) is 5.75 Å². The molecule has 0 bridgehead atoms. The maximum atomic E-state index is 13.0. The van der Waals surface area contributed by atoms with E-state index in [0.717, 1.165) is 38.6 Å². The molecule has 0 aromatic heterocycles. The molecule has 2 heterocycles. The molecule has 0 aliphatic carbocycles. The van der Waals surface area contributed by atoms with E-state index < -0.39 is 0 Å². The lowest BCUT2D eigenvalue weighted by Crippen LogP contribution is -2.49. The summed E-state index contributed by atoms with van der Waals surface area (Å²) >= 11 is 0. The van der Waals surface area contributed by atoms with Crippen LogP contribution in [0.15, 0.2) is 24.3 Å². The zero-order chi connectivity index (χ0) is 18.5. The Morgan fingerprint density at radius 2 is 1.81 bits per heavy atom. The number of piperidine rings is 2. The number of methoxy groups -OCH3 is 1. The van der Waals surface area contributed by atoms with Crippen molar-refractivity contribution >= 4 is 11.8 Å². The molecule has 0 spiro atoms. The standard InChI is InChI=1S/C21H30N2O3/c1-3-17-8-6-7-13-23(17)20(24)16-11-14-22(15-12-16)21(25)18-9-4-5-10-19(18)26-2/h4-5,9-10,16-17H,3,6-8,11-15H2,1-2H3. The first-order valence-electron chi connectivity index (χ1n) is 9.88. The van der Waals surface area contributed by atoms with Crippen LogP contribution in [0.25, 0.3) is 0 Å². The number of amides is 2. The van der Waals surface area contributed by atoms with Gasteiger partial charge in [0.05, 0.1) is 12.7 Å². The first-order chi connectivity index (χ1) is 12.7. The van der Waals surface area contributed by atoms with Crippen LogP contribution in [0.1, 0.15) is 55.8 Å². The first kappa shape index (κ1) is 18.7. The minimum Gasteiger partial charge on any atom is -0.496 e. The second-order valence-electron chi connectivity index (χ2n) is 7.36. The minimum atomic E-state index is -0.00208. The second-order valence-corrected chi connectivity index (χ2v) is 7.36. The van der Waals surface area contributed by atoms with Crippen LogP contribution >= 0.6 is 0 Å². The first-order valence-corrected chi connectivity index (χ1v) is 9.88. The highest BCUT2D eigenvalue weighted by Gasteiger charge is 2.34. The minimum absolute atomic E-state index is 0.00208. The largest absolute Gasteiger partial charge is 0.496 e. The Balaban J connectivity index is 1.60. The summed E-state index contributed by atoms with van der Waals surface area (Å²) < 4.78 is 5.31. The van der Waals surface area contributed by atoms with Crippen molar-refractivity contribution in [3.8, 4) is 5.75 Å². The number of hydrogen-bond acceptors (Lipinski definition) is 3. The molecule has 2 amide bonds. The van der Waals surface area contributed by atoms with Crippen molar-refractivity contribution in [2.45, 2.75) is 51.5 Å². The van der Waals surface area contributed by atoms with Crippen LogP contribution in [-0.4, -0.2) is 54.4 Å². The van der Waals surface area contributed by atoms with Gasteiger partial charge in [-0.3, -0.25) is 9.59 Å². The number of carbonyl (C=O) groups excluding carboxylic acids is 2. The van der Waals surface area contributed by atoms with E-state index in [1.807, 2.05) is 23.1 Å². The van der Waals surface area contributed by atoms with E-state index in [-0.39, 0.29) is 11.8 Å². The molecule has 0 radical (unpaired) electrons. The van der Waals surface area contributed by atoms with Gasteiger partial charge in [0.1, 0.15) is 5.75 Å². The highest BCUT2D eigenvalue weighted by atomic mass is 16.5. The van der Waals surface area contributed by atoms with Crippen molar-refractivity contribution < 1.29 is 14.3 Å². The van der Waals surface area contributed by atoms with Crippen molar-refractivity contribution in [2.24, 2.45) is 5.92 Å². The van der Waals surface area contributed by atoms with Gasteiger partial charge in [0.25, 0.3) is 5.91 Å². The van der Waals surface area contributed by atoms with E-state index in [1.165, 1.54) is 6.42 Å². The third-order valence-electron chi connectivity index (χ3n) is 5.85. The maximum Gasteiger partial charge on any atom is 0.257 e. The normalized spacial score (nSPS) is 21.5. The molecule has 1 unspecified atom stereocenters. The Bertz CT molecular complexity index is 638. The fraction of sp³-hybridized carbons (Fsp3) is 0.619. The van der Waals surface area contributed by atoms with Gasteiger partial charge in [-0.1, -0.05) is 19.1 Å². The van der Waals surface area contributed by atoms with E-state index in [4.69, 9.17) is 4.74 Å². The fourth-order valence-electron chi connectivity index (χ4n) is 4.27. The number of benzene rings is 1. The van der Waals surface area contributed by atoms with Crippen LogP contribution in [0.2, 0.25) is 0 Å². The van der Waals surface area contributed by atoms with Gasteiger partial charge >= 0.3 is 0 Å². The fourth-order valence-corrected chi connectivity index (χ4v) is 4.27. The van der Waals surface area contributed by atoms with Crippen molar-refractivity contribution in [2.75, 3.05) is 26.7 Å².